The van der Waals surface area contributed by atoms with Gasteiger partial charge in [-0.25, -0.2) is 9.59 Å². The first kappa shape index (κ1) is 27.1. The van der Waals surface area contributed by atoms with E-state index in [2.05, 4.69) is 4.98 Å². The Balaban J connectivity index is 1.52. The van der Waals surface area contributed by atoms with Crippen LogP contribution in [0.2, 0.25) is 0 Å². The zero-order valence-corrected chi connectivity index (χ0v) is 22.5. The summed E-state index contributed by atoms with van der Waals surface area (Å²) in [5, 5.41) is 34.3. The molecule has 1 aliphatic heterocycles. The van der Waals surface area contributed by atoms with Crippen LogP contribution in [-0.2, 0) is 19.0 Å². The summed E-state index contributed by atoms with van der Waals surface area (Å²) in [6.07, 6.45) is 3.79. The first-order chi connectivity index (χ1) is 18.0. The number of aliphatic hydroxyl groups excluding tert-OH is 2. The van der Waals surface area contributed by atoms with E-state index in [4.69, 9.17) is 14.2 Å². The highest BCUT2D eigenvalue weighted by Gasteiger charge is 2.71. The second kappa shape index (κ2) is 9.93. The molecular weight excluding hydrogens is 490 g/mol. The molecular formula is C29H39NO8. The first-order valence-corrected chi connectivity index (χ1v) is 13.5. The molecule has 0 bridgehead atoms. The Morgan fingerprint density at radius 3 is 2.63 bits per heavy atom. The van der Waals surface area contributed by atoms with Crippen molar-refractivity contribution in [3.63, 3.8) is 0 Å². The number of aliphatic hydroxyl groups is 3. The number of allylic oxidation sites excluding steroid dienone is 1. The van der Waals surface area contributed by atoms with Gasteiger partial charge in [0.1, 0.15) is 17.9 Å². The topological polar surface area (TPSA) is 138 Å². The van der Waals surface area contributed by atoms with Crippen molar-refractivity contribution in [1.29, 1.82) is 0 Å². The lowest BCUT2D eigenvalue weighted by Crippen LogP contribution is -2.65. The minimum absolute atomic E-state index is 0.121. The SMILES string of the molecule is CO[C@H]1C[C@H]2C=CC3C(C4[C@H]3[C@H](OC(=O)c3ccc[nH]3)[C@H](C)[C@H]4O)[C@]2(O)/C(C)=C/[C@@H](C)C(C(C)O)OC1=O. The minimum atomic E-state index is -1.37. The fourth-order valence-corrected chi connectivity index (χ4v) is 7.75. The number of esters is 2. The van der Waals surface area contributed by atoms with E-state index in [1.807, 2.05) is 39.0 Å². The van der Waals surface area contributed by atoms with Gasteiger partial charge in [-0.05, 0) is 49.8 Å². The summed E-state index contributed by atoms with van der Waals surface area (Å²) in [5.74, 6) is -3.08. The Kier molecular flexibility index (Phi) is 7.09. The van der Waals surface area contributed by atoms with E-state index in [0.717, 1.165) is 0 Å². The van der Waals surface area contributed by atoms with Crippen LogP contribution in [0.4, 0.5) is 0 Å². The van der Waals surface area contributed by atoms with Crippen molar-refractivity contribution in [3.05, 3.63) is 47.8 Å². The fraction of sp³-hybridized carbons (Fsp3) is 0.655. The highest BCUT2D eigenvalue weighted by atomic mass is 16.6. The summed E-state index contributed by atoms with van der Waals surface area (Å²) < 4.78 is 17.1. The van der Waals surface area contributed by atoms with E-state index >= 15 is 0 Å². The van der Waals surface area contributed by atoms with Crippen LogP contribution in [0.15, 0.2) is 42.1 Å². The van der Waals surface area contributed by atoms with Crippen LogP contribution in [0.1, 0.15) is 44.6 Å². The Morgan fingerprint density at radius 2 is 2.00 bits per heavy atom. The summed E-state index contributed by atoms with van der Waals surface area (Å²) >= 11 is 0. The summed E-state index contributed by atoms with van der Waals surface area (Å²) in [4.78, 5) is 28.6. The van der Waals surface area contributed by atoms with Gasteiger partial charge in [-0.15, -0.1) is 0 Å². The number of rotatable bonds is 4. The highest BCUT2D eigenvalue weighted by molar-refractivity contribution is 5.87. The summed E-state index contributed by atoms with van der Waals surface area (Å²) in [7, 11) is 1.43. The van der Waals surface area contributed by atoms with Crippen molar-refractivity contribution < 1.29 is 39.1 Å². The van der Waals surface area contributed by atoms with Crippen LogP contribution in [-0.4, -0.2) is 75.5 Å². The average molecular weight is 530 g/mol. The molecule has 4 aliphatic rings. The van der Waals surface area contributed by atoms with Crippen LogP contribution in [0.3, 0.4) is 0 Å². The van der Waals surface area contributed by atoms with Crippen molar-refractivity contribution in [2.45, 2.75) is 70.2 Å². The number of hydrogen-bond donors (Lipinski definition) is 4. The van der Waals surface area contributed by atoms with Crippen molar-refractivity contribution in [2.75, 3.05) is 7.11 Å². The predicted molar refractivity (Wildman–Crippen MR) is 137 cm³/mol. The maximum Gasteiger partial charge on any atom is 0.355 e. The molecule has 4 N–H and O–H groups in total. The molecule has 0 amide bonds. The van der Waals surface area contributed by atoms with Crippen molar-refractivity contribution in [2.24, 2.45) is 41.4 Å². The van der Waals surface area contributed by atoms with Crippen LogP contribution in [0.5, 0.6) is 0 Å². The molecule has 2 fully saturated rings. The Morgan fingerprint density at radius 1 is 1.26 bits per heavy atom. The van der Waals surface area contributed by atoms with E-state index in [9.17, 15) is 24.9 Å². The van der Waals surface area contributed by atoms with Gasteiger partial charge in [-0.2, -0.15) is 0 Å². The number of aromatic nitrogens is 1. The molecule has 13 atom stereocenters. The number of cyclic esters (lactones) is 1. The molecule has 1 aromatic rings. The molecule has 0 spiro atoms. The van der Waals surface area contributed by atoms with Crippen molar-refractivity contribution >= 4 is 11.9 Å². The normalized spacial score (nSPS) is 46.4. The lowest BCUT2D eigenvalue weighted by atomic mass is 9.46. The molecule has 0 radical (unpaired) electrons. The zero-order chi connectivity index (χ0) is 27.5. The largest absolute Gasteiger partial charge is 0.457 e. The van der Waals surface area contributed by atoms with Gasteiger partial charge in [0.15, 0.2) is 6.10 Å². The number of ether oxygens (including phenoxy) is 3. The van der Waals surface area contributed by atoms with Crippen LogP contribution in [0, 0.1) is 41.4 Å². The van der Waals surface area contributed by atoms with Gasteiger partial charge in [0.05, 0.1) is 17.8 Å². The maximum absolute atomic E-state index is 13.0. The average Bonchev–Trinajstić information content (AvgIpc) is 3.46. The fourth-order valence-electron chi connectivity index (χ4n) is 7.75. The molecule has 0 saturated heterocycles. The third-order valence-corrected chi connectivity index (χ3v) is 9.65. The van der Waals surface area contributed by atoms with E-state index in [1.54, 1.807) is 25.3 Å². The highest BCUT2D eigenvalue weighted by Crippen LogP contribution is 2.66. The van der Waals surface area contributed by atoms with Gasteiger partial charge >= 0.3 is 11.9 Å². The maximum atomic E-state index is 13.0. The second-order valence-electron chi connectivity index (χ2n) is 11.7. The van der Waals surface area contributed by atoms with Gasteiger partial charge in [-0.3, -0.25) is 0 Å². The summed E-state index contributed by atoms with van der Waals surface area (Å²) in [5.41, 5.74) is -0.307. The molecule has 0 aromatic carbocycles. The standard InChI is InChI=1S/C29H39NO8/c1-13-11-14(2)29(35)17(12-20(36-5)28(34)37-25(13)16(4)31)8-9-18-21-22(23(18)29)24(32)15(3)26(21)38-27(33)19-7-6-10-30-19/h6-11,13,15-18,20-26,30-32,35H,12H2,1-5H3/b14-11+/t13-,15-,16?,17-,18?,20+,21+,22?,23?,24-,25?,26-,29+/m1/s1. The number of nitrogens with one attached hydrogen (secondary N) is 1. The van der Waals surface area contributed by atoms with E-state index < -0.39 is 54.0 Å². The Bertz CT molecular complexity index is 1110. The molecule has 2 heterocycles. The van der Waals surface area contributed by atoms with Gasteiger partial charge in [0.2, 0.25) is 0 Å². The lowest BCUT2D eigenvalue weighted by molar-refractivity contribution is -0.186. The third-order valence-electron chi connectivity index (χ3n) is 9.65. The predicted octanol–water partition coefficient (Wildman–Crippen LogP) is 2.24. The Labute approximate surface area is 222 Å². The lowest BCUT2D eigenvalue weighted by Gasteiger charge is -2.61. The number of aromatic amines is 1. The third kappa shape index (κ3) is 4.06. The quantitative estimate of drug-likeness (QED) is 0.344. The second-order valence-corrected chi connectivity index (χ2v) is 11.7. The van der Waals surface area contributed by atoms with E-state index in [0.29, 0.717) is 11.3 Å². The van der Waals surface area contributed by atoms with Gasteiger partial charge in [-0.1, -0.05) is 32.1 Å². The number of methoxy groups -OCH3 is 1. The number of hydrogen-bond acceptors (Lipinski definition) is 8. The number of H-pyrrole nitrogens is 1. The van der Waals surface area contributed by atoms with E-state index in [-0.39, 0.29) is 41.9 Å². The number of fused-ring (bicyclic) bond motifs is 6. The Hall–Kier alpha value is -2.46. The zero-order valence-electron chi connectivity index (χ0n) is 22.5. The molecule has 5 unspecified atom stereocenters. The van der Waals surface area contributed by atoms with Crippen LogP contribution < -0.4 is 0 Å². The van der Waals surface area contributed by atoms with Gasteiger partial charge in [0, 0.05) is 42.9 Å². The monoisotopic (exact) mass is 529 g/mol. The number of carbonyl (C=O) groups excluding carboxylic acids is 2. The molecule has 1 aromatic heterocycles. The van der Waals surface area contributed by atoms with E-state index in [1.165, 1.54) is 7.11 Å². The smallest absolute Gasteiger partial charge is 0.355 e. The van der Waals surface area contributed by atoms with Crippen LogP contribution >= 0.6 is 0 Å². The first-order valence-electron chi connectivity index (χ1n) is 13.5. The van der Waals surface area contributed by atoms with Crippen molar-refractivity contribution in [3.8, 4) is 0 Å². The molecule has 208 valence electrons. The van der Waals surface area contributed by atoms with Gasteiger partial charge in [0.25, 0.3) is 0 Å². The van der Waals surface area contributed by atoms with Gasteiger partial charge < -0.3 is 34.5 Å². The van der Waals surface area contributed by atoms with Crippen LogP contribution in [0.25, 0.3) is 0 Å². The molecule has 9 heteroatoms. The van der Waals surface area contributed by atoms with Crippen molar-refractivity contribution in [1.82, 2.24) is 4.98 Å². The molecule has 5 rings (SSSR count). The molecule has 3 aliphatic carbocycles. The summed E-state index contributed by atoms with van der Waals surface area (Å²) in [6.45, 7) is 7.17. The summed E-state index contributed by atoms with van der Waals surface area (Å²) in [6, 6.07) is 3.38. The minimum Gasteiger partial charge on any atom is -0.457 e. The molecule has 38 heavy (non-hydrogen) atoms. The molecule has 9 nitrogen and oxygen atoms in total. The number of carbonyl (C=O) groups is 2. The molecule has 2 saturated carbocycles.